The summed E-state index contributed by atoms with van der Waals surface area (Å²) in [5, 5.41) is 0. The Balaban J connectivity index is 1.88. The number of hydrogen-bond acceptors (Lipinski definition) is 2. The van der Waals surface area contributed by atoms with E-state index in [9.17, 15) is 9.18 Å². The van der Waals surface area contributed by atoms with Gasteiger partial charge in [-0.05, 0) is 36.6 Å². The first-order valence-electron chi connectivity index (χ1n) is 8.57. The fourth-order valence-corrected chi connectivity index (χ4v) is 3.39. The lowest BCUT2D eigenvalue weighted by molar-refractivity contribution is 0.0957. The Labute approximate surface area is 136 Å². The van der Waals surface area contributed by atoms with Gasteiger partial charge in [0, 0.05) is 24.3 Å². The summed E-state index contributed by atoms with van der Waals surface area (Å²) in [5.74, 6) is 1.70. The standard InChI is InChI=1S/C20H23FO2/c1-2-18(22)20-16(12-14-8-10-17(21)11-9-14)13-19(23-20)15-6-4-3-5-7-15/h8-11,13,15H,2-7,12H2,1H3. The van der Waals surface area contributed by atoms with E-state index in [-0.39, 0.29) is 11.6 Å². The van der Waals surface area contributed by atoms with E-state index in [2.05, 4.69) is 6.07 Å². The van der Waals surface area contributed by atoms with E-state index in [1.807, 2.05) is 6.92 Å². The van der Waals surface area contributed by atoms with E-state index < -0.39 is 0 Å². The third-order valence-corrected chi connectivity index (χ3v) is 4.72. The fourth-order valence-electron chi connectivity index (χ4n) is 3.39. The zero-order chi connectivity index (χ0) is 16.2. The van der Waals surface area contributed by atoms with Gasteiger partial charge in [-0.1, -0.05) is 38.3 Å². The molecule has 3 rings (SSSR count). The maximum Gasteiger partial charge on any atom is 0.198 e. The molecule has 0 amide bonds. The van der Waals surface area contributed by atoms with Gasteiger partial charge in [-0.25, -0.2) is 4.39 Å². The molecule has 0 N–H and O–H groups in total. The molecule has 1 aliphatic carbocycles. The highest BCUT2D eigenvalue weighted by Gasteiger charge is 2.23. The molecule has 1 saturated carbocycles. The highest BCUT2D eigenvalue weighted by Crippen LogP contribution is 2.35. The van der Waals surface area contributed by atoms with Crippen molar-refractivity contribution in [1.82, 2.24) is 0 Å². The van der Waals surface area contributed by atoms with Crippen LogP contribution in [-0.2, 0) is 6.42 Å². The highest BCUT2D eigenvalue weighted by molar-refractivity contribution is 5.94. The molecule has 0 spiro atoms. The van der Waals surface area contributed by atoms with Crippen molar-refractivity contribution in [3.8, 4) is 0 Å². The van der Waals surface area contributed by atoms with Gasteiger partial charge in [0.15, 0.2) is 11.5 Å². The largest absolute Gasteiger partial charge is 0.457 e. The van der Waals surface area contributed by atoms with Crippen molar-refractivity contribution >= 4 is 5.78 Å². The summed E-state index contributed by atoms with van der Waals surface area (Å²) < 4.78 is 19.0. The molecule has 0 bridgehead atoms. The summed E-state index contributed by atoms with van der Waals surface area (Å²) in [7, 11) is 0. The molecule has 2 aromatic rings. The minimum atomic E-state index is -0.242. The maximum absolute atomic E-state index is 13.1. The van der Waals surface area contributed by atoms with Crippen LogP contribution in [0.2, 0.25) is 0 Å². The molecule has 1 aromatic carbocycles. The zero-order valence-corrected chi connectivity index (χ0v) is 13.6. The van der Waals surface area contributed by atoms with Crippen LogP contribution in [0.4, 0.5) is 4.39 Å². The van der Waals surface area contributed by atoms with Gasteiger partial charge in [0.05, 0.1) is 0 Å². The Morgan fingerprint density at radius 2 is 1.87 bits per heavy atom. The number of furan rings is 1. The van der Waals surface area contributed by atoms with E-state index >= 15 is 0 Å². The zero-order valence-electron chi connectivity index (χ0n) is 13.6. The molecule has 1 heterocycles. The first-order valence-corrected chi connectivity index (χ1v) is 8.57. The van der Waals surface area contributed by atoms with Gasteiger partial charge >= 0.3 is 0 Å². The molecule has 0 unspecified atom stereocenters. The smallest absolute Gasteiger partial charge is 0.198 e. The molecule has 1 fully saturated rings. The molecule has 2 nitrogen and oxygen atoms in total. The second kappa shape index (κ2) is 7.12. The molecule has 3 heteroatoms. The average molecular weight is 314 g/mol. The van der Waals surface area contributed by atoms with E-state index in [1.165, 1.54) is 31.4 Å². The third kappa shape index (κ3) is 3.72. The minimum absolute atomic E-state index is 0.0455. The van der Waals surface area contributed by atoms with Gasteiger partial charge in [-0.15, -0.1) is 0 Å². The normalized spacial score (nSPS) is 15.7. The Morgan fingerprint density at radius 3 is 2.52 bits per heavy atom. The number of benzene rings is 1. The summed E-state index contributed by atoms with van der Waals surface area (Å²) >= 11 is 0. The number of rotatable bonds is 5. The van der Waals surface area contributed by atoms with Crippen LogP contribution in [0.5, 0.6) is 0 Å². The van der Waals surface area contributed by atoms with Crippen molar-refractivity contribution in [1.29, 1.82) is 0 Å². The minimum Gasteiger partial charge on any atom is -0.457 e. The first kappa shape index (κ1) is 16.0. The van der Waals surface area contributed by atoms with Crippen molar-refractivity contribution in [3.63, 3.8) is 0 Å². The maximum atomic E-state index is 13.1. The van der Waals surface area contributed by atoms with E-state index in [0.717, 1.165) is 29.7 Å². The molecule has 0 aliphatic heterocycles. The van der Waals surface area contributed by atoms with Gasteiger partial charge in [-0.2, -0.15) is 0 Å². The molecule has 23 heavy (non-hydrogen) atoms. The summed E-state index contributed by atoms with van der Waals surface area (Å²) in [5.41, 5.74) is 1.93. The molecule has 1 aromatic heterocycles. The van der Waals surface area contributed by atoms with E-state index in [1.54, 1.807) is 12.1 Å². The summed E-state index contributed by atoms with van der Waals surface area (Å²) in [6.07, 6.45) is 7.09. The van der Waals surface area contributed by atoms with E-state index in [0.29, 0.717) is 24.5 Å². The van der Waals surface area contributed by atoms with Crippen LogP contribution in [0, 0.1) is 5.82 Å². The molecule has 1 aliphatic rings. The van der Waals surface area contributed by atoms with Crippen molar-refractivity contribution in [3.05, 3.63) is 58.8 Å². The first-order chi connectivity index (χ1) is 11.2. The predicted molar refractivity (Wildman–Crippen MR) is 88.4 cm³/mol. The van der Waals surface area contributed by atoms with Crippen LogP contribution in [-0.4, -0.2) is 5.78 Å². The quantitative estimate of drug-likeness (QED) is 0.667. The second-order valence-corrected chi connectivity index (χ2v) is 6.42. The number of hydrogen-bond donors (Lipinski definition) is 0. The lowest BCUT2D eigenvalue weighted by Gasteiger charge is -2.19. The van der Waals surface area contributed by atoms with Gasteiger partial charge in [0.1, 0.15) is 11.6 Å². The van der Waals surface area contributed by atoms with Crippen LogP contribution >= 0.6 is 0 Å². The van der Waals surface area contributed by atoms with Gasteiger partial charge in [-0.3, -0.25) is 4.79 Å². The van der Waals surface area contributed by atoms with Crippen molar-refractivity contribution in [2.45, 2.75) is 57.8 Å². The molecule has 0 radical (unpaired) electrons. The van der Waals surface area contributed by atoms with Crippen molar-refractivity contribution in [2.24, 2.45) is 0 Å². The SMILES string of the molecule is CCC(=O)c1oc(C2CCCCC2)cc1Cc1ccc(F)cc1. The average Bonchev–Trinajstić information content (AvgIpc) is 3.01. The van der Waals surface area contributed by atoms with Crippen LogP contribution in [0.15, 0.2) is 34.7 Å². The number of carbonyl (C=O) groups is 1. The Morgan fingerprint density at radius 1 is 1.17 bits per heavy atom. The third-order valence-electron chi connectivity index (χ3n) is 4.72. The number of Topliss-reactive ketones (excluding diaryl/α,β-unsaturated/α-hetero) is 1. The number of halogens is 1. The molecular formula is C20H23FO2. The molecule has 122 valence electrons. The van der Waals surface area contributed by atoms with Gasteiger partial charge < -0.3 is 4.42 Å². The predicted octanol–water partition coefficient (Wildman–Crippen LogP) is 5.65. The number of ketones is 1. The molecular weight excluding hydrogens is 291 g/mol. The lowest BCUT2D eigenvalue weighted by Crippen LogP contribution is -2.03. The number of carbonyl (C=O) groups excluding carboxylic acids is 1. The fraction of sp³-hybridized carbons (Fsp3) is 0.450. The van der Waals surface area contributed by atoms with Crippen LogP contribution < -0.4 is 0 Å². The van der Waals surface area contributed by atoms with Crippen molar-refractivity contribution < 1.29 is 13.6 Å². The van der Waals surface area contributed by atoms with Crippen molar-refractivity contribution in [2.75, 3.05) is 0 Å². The van der Waals surface area contributed by atoms with Crippen LogP contribution in [0.3, 0.4) is 0 Å². The van der Waals surface area contributed by atoms with Gasteiger partial charge in [0.2, 0.25) is 0 Å². The van der Waals surface area contributed by atoms with Crippen LogP contribution in [0.25, 0.3) is 0 Å². The summed E-state index contributed by atoms with van der Waals surface area (Å²) in [6.45, 7) is 1.85. The van der Waals surface area contributed by atoms with Gasteiger partial charge in [0.25, 0.3) is 0 Å². The second-order valence-electron chi connectivity index (χ2n) is 6.42. The monoisotopic (exact) mass is 314 g/mol. The Kier molecular flexibility index (Phi) is 4.94. The highest BCUT2D eigenvalue weighted by atomic mass is 19.1. The lowest BCUT2D eigenvalue weighted by atomic mass is 9.87. The molecule has 0 atom stereocenters. The summed E-state index contributed by atoms with van der Waals surface area (Å²) in [4.78, 5) is 12.2. The summed E-state index contributed by atoms with van der Waals surface area (Å²) in [6, 6.07) is 8.51. The topological polar surface area (TPSA) is 30.2 Å². The van der Waals surface area contributed by atoms with Crippen LogP contribution in [0.1, 0.15) is 78.8 Å². The Hall–Kier alpha value is -1.90. The molecule has 0 saturated heterocycles. The Bertz CT molecular complexity index is 663. The van der Waals surface area contributed by atoms with E-state index in [4.69, 9.17) is 4.42 Å².